The number of rotatable bonds is 11. The zero-order valence-electron chi connectivity index (χ0n) is 21.5. The number of ether oxygens (including phenoxy) is 2. The molecule has 14 heteroatoms. The van der Waals surface area contributed by atoms with Crippen LogP contribution in [0.5, 0.6) is 0 Å². The van der Waals surface area contributed by atoms with Crippen molar-refractivity contribution in [3.63, 3.8) is 0 Å². The maximum Gasteiger partial charge on any atom is 0.614 e. The molecule has 1 aliphatic heterocycles. The summed E-state index contributed by atoms with van der Waals surface area (Å²) in [4.78, 5) is 27.7. The topological polar surface area (TPSA) is 147 Å². The highest BCUT2D eigenvalue weighted by molar-refractivity contribution is 7.36. The number of nitrogen functional groups attached to an aromatic ring is 1. The Morgan fingerprint density at radius 2 is 2.00 bits per heavy atom. The van der Waals surface area contributed by atoms with Crippen LogP contribution in [0.25, 0.3) is 11.2 Å². The molecular formula is C23H34FN7O5P+. The van der Waals surface area contributed by atoms with Crippen molar-refractivity contribution in [3.05, 3.63) is 6.33 Å². The van der Waals surface area contributed by atoms with Crippen LogP contribution in [-0.4, -0.2) is 62.2 Å². The molecule has 3 aliphatic rings. The molecule has 0 amide bonds. The lowest BCUT2D eigenvalue weighted by molar-refractivity contribution is -0.172. The van der Waals surface area contributed by atoms with E-state index in [2.05, 4.69) is 24.9 Å². The van der Waals surface area contributed by atoms with Crippen molar-refractivity contribution in [1.29, 1.82) is 0 Å². The van der Waals surface area contributed by atoms with Crippen LogP contribution in [0.2, 0.25) is 0 Å². The van der Waals surface area contributed by atoms with Crippen molar-refractivity contribution in [2.75, 3.05) is 17.2 Å². The summed E-state index contributed by atoms with van der Waals surface area (Å²) in [6, 6.07) is 0.0104. The van der Waals surface area contributed by atoms with Crippen molar-refractivity contribution >= 4 is 37.1 Å². The lowest BCUT2D eigenvalue weighted by Gasteiger charge is -2.24. The molecule has 3 N–H and O–H groups in total. The Balaban J connectivity index is 1.28. The maximum absolute atomic E-state index is 15.7. The number of carbonyl (C=O) groups is 1. The fourth-order valence-electron chi connectivity index (χ4n) is 4.76. The van der Waals surface area contributed by atoms with E-state index in [1.54, 1.807) is 24.7 Å². The summed E-state index contributed by atoms with van der Waals surface area (Å²) in [6.45, 7) is 6.20. The van der Waals surface area contributed by atoms with E-state index in [1.807, 2.05) is 6.92 Å². The molecule has 0 spiro atoms. The van der Waals surface area contributed by atoms with Crippen LogP contribution in [-0.2, 0) is 23.4 Å². The second-order valence-corrected chi connectivity index (χ2v) is 11.6. The van der Waals surface area contributed by atoms with E-state index in [0.29, 0.717) is 23.2 Å². The number of fused-ring (bicyclic) bond motifs is 1. The van der Waals surface area contributed by atoms with Gasteiger partial charge >= 0.3 is 14.1 Å². The molecule has 3 heterocycles. The number of esters is 1. The number of hydrogen-bond acceptors (Lipinski definition) is 10. The van der Waals surface area contributed by atoms with E-state index in [9.17, 15) is 9.36 Å². The molecular weight excluding hydrogens is 504 g/mol. The minimum atomic E-state index is -2.53. The summed E-state index contributed by atoms with van der Waals surface area (Å²) in [5.41, 5.74) is 7.19. The van der Waals surface area contributed by atoms with Crippen LogP contribution in [0.1, 0.15) is 66.0 Å². The smallest absolute Gasteiger partial charge is 0.462 e. The normalized spacial score (nSPS) is 27.0. The first kappa shape index (κ1) is 26.1. The summed E-state index contributed by atoms with van der Waals surface area (Å²) in [7, 11) is -2.53. The van der Waals surface area contributed by atoms with Crippen LogP contribution in [0.15, 0.2) is 6.33 Å². The monoisotopic (exact) mass is 538 g/mol. The third kappa shape index (κ3) is 5.69. The zero-order valence-corrected chi connectivity index (χ0v) is 22.4. The minimum absolute atomic E-state index is 0.00908. The SMILES string of the molecule is CC(C)OC(=O)[C@H](C)N[P+](=O)OC[C@]1(F)C[C@H](C)[C@H](n2cnc3c(N(C4CC4)C4CC4)nc(N)nc32)O1. The van der Waals surface area contributed by atoms with Crippen molar-refractivity contribution in [1.82, 2.24) is 24.6 Å². The Hall–Kier alpha value is -2.47. The fraction of sp³-hybridized carbons (Fsp3) is 0.739. The van der Waals surface area contributed by atoms with Crippen LogP contribution < -0.4 is 15.7 Å². The number of hydrogen-bond donors (Lipinski definition) is 2. The Labute approximate surface area is 215 Å². The van der Waals surface area contributed by atoms with Gasteiger partial charge in [-0.05, 0) is 51.0 Å². The Morgan fingerprint density at radius 3 is 2.62 bits per heavy atom. The average molecular weight is 539 g/mol. The zero-order chi connectivity index (χ0) is 26.5. The molecule has 2 aromatic heterocycles. The lowest BCUT2D eigenvalue weighted by atomic mass is 10.1. The highest BCUT2D eigenvalue weighted by atomic mass is 31.1. The van der Waals surface area contributed by atoms with Gasteiger partial charge in [0.2, 0.25) is 11.8 Å². The van der Waals surface area contributed by atoms with Gasteiger partial charge in [0.15, 0.2) is 23.6 Å². The van der Waals surface area contributed by atoms with Crippen molar-refractivity contribution in [2.45, 2.75) is 96.1 Å². The fourth-order valence-corrected chi connectivity index (χ4v) is 5.56. The van der Waals surface area contributed by atoms with Gasteiger partial charge in [-0.15, -0.1) is 4.52 Å². The van der Waals surface area contributed by atoms with Gasteiger partial charge in [-0.25, -0.2) is 9.37 Å². The van der Waals surface area contributed by atoms with Gasteiger partial charge in [-0.1, -0.05) is 12.0 Å². The molecule has 1 saturated heterocycles. The number of halogens is 1. The summed E-state index contributed by atoms with van der Waals surface area (Å²) in [5, 5.41) is 2.49. The van der Waals surface area contributed by atoms with Crippen LogP contribution in [0.3, 0.4) is 0 Å². The van der Waals surface area contributed by atoms with E-state index >= 15 is 4.39 Å². The second kappa shape index (κ2) is 10.0. The van der Waals surface area contributed by atoms with E-state index in [4.69, 9.17) is 19.7 Å². The summed E-state index contributed by atoms with van der Waals surface area (Å²) >= 11 is 0. The number of nitrogens with zero attached hydrogens (tertiary/aromatic N) is 5. The second-order valence-electron chi connectivity index (χ2n) is 10.5. The average Bonchev–Trinajstić information content (AvgIpc) is 3.75. The summed E-state index contributed by atoms with van der Waals surface area (Å²) < 4.78 is 45.7. The Morgan fingerprint density at radius 1 is 1.32 bits per heavy atom. The summed E-state index contributed by atoms with van der Waals surface area (Å²) in [5.74, 6) is -2.18. The molecule has 2 aliphatic carbocycles. The van der Waals surface area contributed by atoms with E-state index in [-0.39, 0.29) is 24.4 Å². The quantitative estimate of drug-likeness (QED) is 0.321. The van der Waals surface area contributed by atoms with Crippen LogP contribution in [0.4, 0.5) is 16.2 Å². The van der Waals surface area contributed by atoms with Crippen molar-refractivity contribution in [2.24, 2.45) is 5.92 Å². The van der Waals surface area contributed by atoms with Crippen molar-refractivity contribution in [3.8, 4) is 0 Å². The van der Waals surface area contributed by atoms with Crippen LogP contribution in [0, 0.1) is 5.92 Å². The first-order chi connectivity index (χ1) is 17.5. The maximum atomic E-state index is 15.7. The van der Waals surface area contributed by atoms with E-state index in [1.165, 1.54) is 6.92 Å². The van der Waals surface area contributed by atoms with Gasteiger partial charge in [-0.2, -0.15) is 9.97 Å². The molecule has 0 bridgehead atoms. The van der Waals surface area contributed by atoms with Gasteiger partial charge in [0.1, 0.15) is 12.3 Å². The first-order valence-electron chi connectivity index (χ1n) is 12.8. The first-order valence-corrected chi connectivity index (χ1v) is 13.9. The Bertz CT molecular complexity index is 1180. The molecule has 0 aromatic carbocycles. The molecule has 3 fully saturated rings. The van der Waals surface area contributed by atoms with Gasteiger partial charge in [0.25, 0.3) is 0 Å². The largest absolute Gasteiger partial charge is 0.614 e. The molecule has 1 unspecified atom stereocenters. The standard InChI is InChI=1S/C23H34FN7O5P/c1-12(2)35-21(32)14(4)29-37(33)34-10-23(24)9-13(3)20(36-23)30-11-26-17-18(30)27-22(25)28-19(17)31(15-5-6-15)16-7-8-16/h11-16,20H,5-10H2,1-4H3,(H,29,33)(H2,25,27,28)/q+1/t13-,14-,20+,23-/m0/s1. The molecule has 2 aromatic rings. The highest BCUT2D eigenvalue weighted by Crippen LogP contribution is 2.46. The van der Waals surface area contributed by atoms with Gasteiger partial charge in [-0.3, -0.25) is 9.36 Å². The van der Waals surface area contributed by atoms with Crippen LogP contribution >= 0.6 is 8.18 Å². The molecule has 12 nitrogen and oxygen atoms in total. The molecule has 37 heavy (non-hydrogen) atoms. The molecule has 0 radical (unpaired) electrons. The summed E-state index contributed by atoms with van der Waals surface area (Å²) in [6.07, 6.45) is 5.02. The molecule has 5 atom stereocenters. The number of carbonyl (C=O) groups excluding carboxylic acids is 1. The number of imidazole rings is 1. The molecule has 202 valence electrons. The lowest BCUT2D eigenvalue weighted by Crippen LogP contribution is -2.34. The Kier molecular flexibility index (Phi) is 7.08. The predicted octanol–water partition coefficient (Wildman–Crippen LogP) is 3.36. The molecule has 2 saturated carbocycles. The van der Waals surface area contributed by atoms with Gasteiger partial charge in [0, 0.05) is 24.4 Å². The number of aromatic nitrogens is 4. The number of alkyl halides is 1. The van der Waals surface area contributed by atoms with E-state index < -0.39 is 38.9 Å². The predicted molar refractivity (Wildman–Crippen MR) is 133 cm³/mol. The third-order valence-electron chi connectivity index (χ3n) is 6.67. The van der Waals surface area contributed by atoms with E-state index in [0.717, 1.165) is 31.5 Å². The number of nitrogens with one attached hydrogen (secondary N) is 1. The van der Waals surface area contributed by atoms with Crippen molar-refractivity contribution < 1.29 is 27.7 Å². The highest BCUT2D eigenvalue weighted by Gasteiger charge is 2.49. The minimum Gasteiger partial charge on any atom is -0.462 e. The molecule has 5 rings (SSSR count). The van der Waals surface area contributed by atoms with Gasteiger partial charge in [0.05, 0.1) is 12.4 Å². The number of nitrogens with two attached hydrogens (primary N) is 1. The third-order valence-corrected chi connectivity index (χ3v) is 7.63. The van der Waals surface area contributed by atoms with Gasteiger partial charge < -0.3 is 20.1 Å². The number of anilines is 2.